The van der Waals surface area contributed by atoms with Gasteiger partial charge in [-0.1, -0.05) is 36.4 Å². The maximum Gasteiger partial charge on any atom is 0.240 e. The number of carbonyl (C=O) groups excluding carboxylic acids is 1. The van der Waals surface area contributed by atoms with Gasteiger partial charge in [-0.25, -0.2) is 13.1 Å². The second-order valence-electron chi connectivity index (χ2n) is 5.57. The Morgan fingerprint density at radius 3 is 2.26 bits per heavy atom. The van der Waals surface area contributed by atoms with Crippen LogP contribution in [-0.2, 0) is 14.8 Å². The third kappa shape index (κ3) is 3.60. The van der Waals surface area contributed by atoms with Crippen LogP contribution in [0.1, 0.15) is 6.42 Å². The number of sulfonamides is 1. The summed E-state index contributed by atoms with van der Waals surface area (Å²) in [6.45, 7) is 0.784. The molecule has 2 aromatic carbocycles. The van der Waals surface area contributed by atoms with Crippen molar-refractivity contribution in [2.75, 3.05) is 18.0 Å². The molecular formula is C17H18N2O3S. The van der Waals surface area contributed by atoms with Gasteiger partial charge in [-0.3, -0.25) is 4.79 Å². The Kier molecular flexibility index (Phi) is 4.45. The zero-order valence-corrected chi connectivity index (χ0v) is 13.4. The van der Waals surface area contributed by atoms with Gasteiger partial charge in [0.25, 0.3) is 0 Å². The normalized spacial score (nSPS) is 18.3. The summed E-state index contributed by atoms with van der Waals surface area (Å²) in [5.74, 6) is 0.00121. The number of benzene rings is 2. The molecule has 1 atom stereocenters. The SMILES string of the molecule is O=C1CC(CNS(=O)(=O)c2ccccc2)CN1c1ccccc1. The third-order valence-corrected chi connectivity index (χ3v) is 5.33. The van der Waals surface area contributed by atoms with Crippen LogP contribution < -0.4 is 9.62 Å². The first-order valence-electron chi connectivity index (χ1n) is 7.46. The van der Waals surface area contributed by atoms with Crippen molar-refractivity contribution in [1.29, 1.82) is 0 Å². The summed E-state index contributed by atoms with van der Waals surface area (Å²) in [5.41, 5.74) is 0.853. The lowest BCUT2D eigenvalue weighted by Gasteiger charge is -2.16. The molecule has 1 unspecified atom stereocenters. The van der Waals surface area contributed by atoms with E-state index in [4.69, 9.17) is 0 Å². The summed E-state index contributed by atoms with van der Waals surface area (Å²) < 4.78 is 27.0. The van der Waals surface area contributed by atoms with Crippen molar-refractivity contribution in [3.63, 3.8) is 0 Å². The highest BCUT2D eigenvalue weighted by Gasteiger charge is 2.31. The van der Waals surface area contributed by atoms with E-state index in [0.29, 0.717) is 13.0 Å². The number of nitrogens with zero attached hydrogens (tertiary/aromatic N) is 1. The molecule has 0 bridgehead atoms. The fraction of sp³-hybridized carbons (Fsp3) is 0.235. The maximum absolute atomic E-state index is 12.2. The molecule has 1 aliphatic rings. The number of amides is 1. The Morgan fingerprint density at radius 2 is 1.61 bits per heavy atom. The van der Waals surface area contributed by atoms with Crippen LogP contribution in [-0.4, -0.2) is 27.4 Å². The van der Waals surface area contributed by atoms with E-state index in [-0.39, 0.29) is 23.3 Å². The molecule has 120 valence electrons. The summed E-state index contributed by atoms with van der Waals surface area (Å²) in [4.78, 5) is 14.1. The quantitative estimate of drug-likeness (QED) is 0.912. The molecule has 0 aliphatic carbocycles. The lowest BCUT2D eigenvalue weighted by Crippen LogP contribution is -2.31. The van der Waals surface area contributed by atoms with Crippen molar-refractivity contribution >= 4 is 21.6 Å². The van der Waals surface area contributed by atoms with Crippen molar-refractivity contribution in [2.45, 2.75) is 11.3 Å². The highest BCUT2D eigenvalue weighted by Crippen LogP contribution is 2.24. The first kappa shape index (κ1) is 15.7. The molecule has 5 nitrogen and oxygen atoms in total. The van der Waals surface area contributed by atoms with Gasteiger partial charge in [-0.15, -0.1) is 0 Å². The summed E-state index contributed by atoms with van der Waals surface area (Å²) in [7, 11) is -3.53. The van der Waals surface area contributed by atoms with Gasteiger partial charge in [0.1, 0.15) is 0 Å². The molecule has 1 saturated heterocycles. The van der Waals surface area contributed by atoms with Gasteiger partial charge < -0.3 is 4.90 Å². The van der Waals surface area contributed by atoms with E-state index in [1.165, 1.54) is 0 Å². The summed E-state index contributed by atoms with van der Waals surface area (Å²) in [5, 5.41) is 0. The third-order valence-electron chi connectivity index (χ3n) is 3.89. The molecule has 0 aromatic heterocycles. The molecule has 1 N–H and O–H groups in total. The molecular weight excluding hydrogens is 312 g/mol. The van der Waals surface area contributed by atoms with Crippen molar-refractivity contribution in [1.82, 2.24) is 4.72 Å². The Balaban J connectivity index is 1.63. The Hall–Kier alpha value is -2.18. The second-order valence-corrected chi connectivity index (χ2v) is 7.34. The number of nitrogens with one attached hydrogen (secondary N) is 1. The van der Waals surface area contributed by atoms with Gasteiger partial charge in [-0.05, 0) is 30.2 Å². The number of rotatable bonds is 5. The molecule has 1 heterocycles. The molecule has 3 rings (SSSR count). The minimum Gasteiger partial charge on any atom is -0.312 e. The van der Waals surface area contributed by atoms with E-state index in [1.807, 2.05) is 30.3 Å². The average molecular weight is 330 g/mol. The molecule has 1 fully saturated rings. The minimum atomic E-state index is -3.53. The highest BCUT2D eigenvalue weighted by molar-refractivity contribution is 7.89. The summed E-state index contributed by atoms with van der Waals surface area (Å²) in [6, 6.07) is 17.7. The predicted molar refractivity (Wildman–Crippen MR) is 88.5 cm³/mol. The van der Waals surface area contributed by atoms with E-state index in [2.05, 4.69) is 4.72 Å². The molecule has 0 radical (unpaired) electrons. The lowest BCUT2D eigenvalue weighted by atomic mass is 10.1. The van der Waals surface area contributed by atoms with Crippen molar-refractivity contribution in [3.05, 3.63) is 60.7 Å². The molecule has 6 heteroatoms. The summed E-state index contributed by atoms with van der Waals surface area (Å²) in [6.07, 6.45) is 0.353. The Morgan fingerprint density at radius 1 is 1.00 bits per heavy atom. The van der Waals surface area contributed by atoms with Crippen LogP contribution in [0.4, 0.5) is 5.69 Å². The maximum atomic E-state index is 12.2. The van der Waals surface area contributed by atoms with Crippen LogP contribution in [0, 0.1) is 5.92 Å². The van der Waals surface area contributed by atoms with Gasteiger partial charge in [0.05, 0.1) is 4.90 Å². The van der Waals surface area contributed by atoms with Gasteiger partial charge in [0.2, 0.25) is 15.9 Å². The molecule has 23 heavy (non-hydrogen) atoms. The van der Waals surface area contributed by atoms with Gasteiger partial charge in [0, 0.05) is 25.2 Å². The van der Waals surface area contributed by atoms with Crippen molar-refractivity contribution in [2.24, 2.45) is 5.92 Å². The van der Waals surface area contributed by atoms with Gasteiger partial charge in [0.15, 0.2) is 0 Å². The van der Waals surface area contributed by atoms with E-state index in [9.17, 15) is 13.2 Å². The first-order valence-corrected chi connectivity index (χ1v) is 8.95. The van der Waals surface area contributed by atoms with Crippen molar-refractivity contribution < 1.29 is 13.2 Å². The molecule has 0 saturated carbocycles. The standard InChI is InChI=1S/C17H18N2O3S/c20-17-11-14(13-19(17)15-7-3-1-4-8-15)12-18-23(21,22)16-9-5-2-6-10-16/h1-10,14,18H,11-13H2. The topological polar surface area (TPSA) is 66.5 Å². The molecule has 1 amide bonds. The van der Waals surface area contributed by atoms with E-state index >= 15 is 0 Å². The van der Waals surface area contributed by atoms with Crippen LogP contribution >= 0.6 is 0 Å². The Bertz CT molecular complexity index is 776. The van der Waals surface area contributed by atoms with E-state index < -0.39 is 10.0 Å². The van der Waals surface area contributed by atoms with Crippen LogP contribution in [0.2, 0.25) is 0 Å². The van der Waals surface area contributed by atoms with E-state index in [1.54, 1.807) is 35.2 Å². The number of para-hydroxylation sites is 1. The zero-order valence-electron chi connectivity index (χ0n) is 12.6. The average Bonchev–Trinajstić information content (AvgIpc) is 2.96. The van der Waals surface area contributed by atoms with Crippen LogP contribution in [0.15, 0.2) is 65.6 Å². The largest absolute Gasteiger partial charge is 0.312 e. The first-order chi connectivity index (χ1) is 11.1. The number of hydrogen-bond acceptors (Lipinski definition) is 3. The number of hydrogen-bond donors (Lipinski definition) is 1. The smallest absolute Gasteiger partial charge is 0.240 e. The fourth-order valence-electron chi connectivity index (χ4n) is 2.69. The Labute approximate surface area is 136 Å². The summed E-state index contributed by atoms with van der Waals surface area (Å²) >= 11 is 0. The fourth-order valence-corrected chi connectivity index (χ4v) is 3.82. The molecule has 2 aromatic rings. The molecule has 0 spiro atoms. The highest BCUT2D eigenvalue weighted by atomic mass is 32.2. The lowest BCUT2D eigenvalue weighted by molar-refractivity contribution is -0.117. The monoisotopic (exact) mass is 330 g/mol. The van der Waals surface area contributed by atoms with Gasteiger partial charge >= 0.3 is 0 Å². The predicted octanol–water partition coefficient (Wildman–Crippen LogP) is 2.02. The zero-order chi connectivity index (χ0) is 16.3. The van der Waals surface area contributed by atoms with E-state index in [0.717, 1.165) is 5.69 Å². The number of anilines is 1. The molecule has 1 aliphatic heterocycles. The van der Waals surface area contributed by atoms with Crippen LogP contribution in [0.25, 0.3) is 0 Å². The number of carbonyl (C=O) groups is 1. The minimum absolute atomic E-state index is 0.0267. The second kappa shape index (κ2) is 6.52. The van der Waals surface area contributed by atoms with Gasteiger partial charge in [-0.2, -0.15) is 0 Å². The van der Waals surface area contributed by atoms with Crippen LogP contribution in [0.5, 0.6) is 0 Å². The van der Waals surface area contributed by atoms with Crippen LogP contribution in [0.3, 0.4) is 0 Å². The van der Waals surface area contributed by atoms with Crippen molar-refractivity contribution in [3.8, 4) is 0 Å².